The molecule has 0 atom stereocenters. The minimum atomic E-state index is 0. The van der Waals surface area contributed by atoms with Gasteiger partial charge in [0.15, 0.2) is 0 Å². The molecule has 0 N–H and O–H groups in total. The molecule has 0 aliphatic rings. The second-order valence-corrected chi connectivity index (χ2v) is 4.07. The van der Waals surface area contributed by atoms with E-state index in [1.165, 1.54) is 5.56 Å². The van der Waals surface area contributed by atoms with Gasteiger partial charge in [-0.15, -0.1) is 40.4 Å². The molecule has 4 heteroatoms. The summed E-state index contributed by atoms with van der Waals surface area (Å²) in [5.74, 6) is 1.76. The Bertz CT molecular complexity index is 361. The monoisotopic (exact) mass is 330 g/mol. The third-order valence-electron chi connectivity index (χ3n) is 2.18. The topological polar surface area (TPSA) is 0 Å². The first-order valence-electron chi connectivity index (χ1n) is 4.93. The zero-order valence-corrected chi connectivity index (χ0v) is 12.5. The standard InChI is InChI=1S/C7H7Cl2.C6H6Cl.Fe/c8-4-6-2-1-3-7(6)5-9;7-5-6-3-1-2-4-6;/h1-3H,4-5H2;1-4H,5H2;/q2*-1;+2. The van der Waals surface area contributed by atoms with Crippen molar-refractivity contribution in [1.82, 2.24) is 0 Å². The first-order valence-corrected chi connectivity index (χ1v) is 6.54. The van der Waals surface area contributed by atoms with Gasteiger partial charge in [-0.3, -0.25) is 0 Å². The van der Waals surface area contributed by atoms with E-state index in [0.717, 1.165) is 11.1 Å². The van der Waals surface area contributed by atoms with Crippen molar-refractivity contribution in [3.8, 4) is 0 Å². The quantitative estimate of drug-likeness (QED) is 0.421. The maximum absolute atomic E-state index is 5.59. The van der Waals surface area contributed by atoms with Gasteiger partial charge < -0.3 is 0 Å². The van der Waals surface area contributed by atoms with E-state index in [9.17, 15) is 0 Å². The fraction of sp³-hybridized carbons (Fsp3) is 0.231. The van der Waals surface area contributed by atoms with Crippen LogP contribution in [0.5, 0.6) is 0 Å². The number of hydrogen-bond donors (Lipinski definition) is 0. The van der Waals surface area contributed by atoms with E-state index in [2.05, 4.69) is 0 Å². The zero-order chi connectivity index (χ0) is 11.8. The Labute approximate surface area is 128 Å². The van der Waals surface area contributed by atoms with E-state index in [-0.39, 0.29) is 17.1 Å². The molecule has 0 spiro atoms. The molecule has 0 nitrogen and oxygen atoms in total. The maximum Gasteiger partial charge on any atom is 2.00 e. The summed E-state index contributed by atoms with van der Waals surface area (Å²) in [5, 5.41) is 0. The largest absolute Gasteiger partial charge is 2.00 e. The first kappa shape index (κ1) is 17.1. The van der Waals surface area contributed by atoms with Crippen molar-refractivity contribution in [2.45, 2.75) is 17.6 Å². The number of rotatable bonds is 3. The van der Waals surface area contributed by atoms with E-state index < -0.39 is 0 Å². The van der Waals surface area contributed by atoms with Crippen LogP contribution in [0.4, 0.5) is 0 Å². The van der Waals surface area contributed by atoms with Crippen LogP contribution in [0.3, 0.4) is 0 Å². The van der Waals surface area contributed by atoms with E-state index in [0.29, 0.717) is 17.6 Å². The van der Waals surface area contributed by atoms with Crippen LogP contribution in [0.25, 0.3) is 0 Å². The van der Waals surface area contributed by atoms with Crippen LogP contribution in [0, 0.1) is 0 Å². The van der Waals surface area contributed by atoms with Crippen LogP contribution in [0.2, 0.25) is 0 Å². The summed E-state index contributed by atoms with van der Waals surface area (Å²) in [7, 11) is 0. The Morgan fingerprint density at radius 2 is 1.65 bits per heavy atom. The summed E-state index contributed by atoms with van der Waals surface area (Å²) in [5.41, 5.74) is 3.49. The number of halogens is 3. The van der Waals surface area contributed by atoms with Crippen molar-refractivity contribution in [2.24, 2.45) is 0 Å². The Balaban J connectivity index is 0.000000292. The fourth-order valence-corrected chi connectivity index (χ4v) is 1.96. The van der Waals surface area contributed by atoms with Crippen LogP contribution < -0.4 is 0 Å². The third-order valence-corrected chi connectivity index (χ3v) is 3.07. The van der Waals surface area contributed by atoms with Gasteiger partial charge in [-0.25, -0.2) is 18.2 Å². The molecule has 2 rings (SSSR count). The second-order valence-electron chi connectivity index (χ2n) is 3.27. The predicted octanol–water partition coefficient (Wildman–Crippen LogP) is 5.02. The van der Waals surface area contributed by atoms with Crippen molar-refractivity contribution in [3.05, 3.63) is 59.2 Å². The smallest absolute Gasteiger partial charge is 0.213 e. The minimum Gasteiger partial charge on any atom is -0.213 e. The van der Waals surface area contributed by atoms with Crippen molar-refractivity contribution < 1.29 is 17.1 Å². The van der Waals surface area contributed by atoms with Crippen molar-refractivity contribution in [3.63, 3.8) is 0 Å². The number of hydrogen-bond acceptors (Lipinski definition) is 0. The molecule has 0 aromatic heterocycles. The third kappa shape index (κ3) is 5.99. The molecule has 0 bridgehead atoms. The fourth-order valence-electron chi connectivity index (χ4n) is 1.26. The normalized spacial score (nSPS) is 9.12. The van der Waals surface area contributed by atoms with Crippen LogP contribution >= 0.6 is 34.8 Å². The molecule has 0 aliphatic heterocycles. The summed E-state index contributed by atoms with van der Waals surface area (Å²) >= 11 is 16.7. The Morgan fingerprint density at radius 1 is 0.882 bits per heavy atom. The van der Waals surface area contributed by atoms with E-state index in [1.807, 2.05) is 42.5 Å². The minimum absolute atomic E-state index is 0. The van der Waals surface area contributed by atoms with Gasteiger partial charge in [0.1, 0.15) is 0 Å². The summed E-state index contributed by atoms with van der Waals surface area (Å²) in [6.07, 6.45) is 0. The van der Waals surface area contributed by atoms with Crippen molar-refractivity contribution >= 4 is 34.8 Å². The van der Waals surface area contributed by atoms with E-state index >= 15 is 0 Å². The SMILES string of the molecule is ClCc1cc[cH-]c1CCl.ClCc1ccc[cH-]1.[Fe+2]. The van der Waals surface area contributed by atoms with Crippen LogP contribution in [-0.2, 0) is 34.7 Å². The van der Waals surface area contributed by atoms with Gasteiger partial charge in [0.25, 0.3) is 0 Å². The Hall–Kier alpha value is 0.0895. The molecule has 0 saturated heterocycles. The van der Waals surface area contributed by atoms with Crippen LogP contribution in [0.1, 0.15) is 16.7 Å². The average molecular weight is 331 g/mol. The molecule has 94 valence electrons. The first-order chi connectivity index (χ1) is 7.81. The van der Waals surface area contributed by atoms with E-state index in [4.69, 9.17) is 34.8 Å². The van der Waals surface area contributed by atoms with Gasteiger partial charge in [-0.2, -0.15) is 35.4 Å². The Morgan fingerprint density at radius 3 is 2.00 bits per heavy atom. The van der Waals surface area contributed by atoms with Gasteiger partial charge in [0.05, 0.1) is 0 Å². The zero-order valence-electron chi connectivity index (χ0n) is 9.15. The molecule has 0 radical (unpaired) electrons. The van der Waals surface area contributed by atoms with Gasteiger partial charge >= 0.3 is 17.1 Å². The molecule has 0 unspecified atom stereocenters. The van der Waals surface area contributed by atoms with Gasteiger partial charge in [0, 0.05) is 11.8 Å². The van der Waals surface area contributed by atoms with Gasteiger partial charge in [-0.05, 0) is 5.88 Å². The molecule has 17 heavy (non-hydrogen) atoms. The average Bonchev–Trinajstić information content (AvgIpc) is 3.00. The predicted molar refractivity (Wildman–Crippen MR) is 72.7 cm³/mol. The summed E-state index contributed by atoms with van der Waals surface area (Å²) in [6, 6.07) is 13.9. The summed E-state index contributed by atoms with van der Waals surface area (Å²) < 4.78 is 0. The van der Waals surface area contributed by atoms with Gasteiger partial charge in [0.2, 0.25) is 0 Å². The Kier molecular flexibility index (Phi) is 10.1. The van der Waals surface area contributed by atoms with Crippen LogP contribution in [-0.4, -0.2) is 0 Å². The van der Waals surface area contributed by atoms with Crippen molar-refractivity contribution in [2.75, 3.05) is 0 Å². The molecule has 0 amide bonds. The van der Waals surface area contributed by atoms with Crippen molar-refractivity contribution in [1.29, 1.82) is 0 Å². The molecule has 2 aromatic carbocycles. The molecule has 0 heterocycles. The number of alkyl halides is 3. The maximum atomic E-state index is 5.59. The molecule has 2 aromatic rings. The molecule has 0 fully saturated rings. The summed E-state index contributed by atoms with van der Waals surface area (Å²) in [6.45, 7) is 0. The summed E-state index contributed by atoms with van der Waals surface area (Å²) in [4.78, 5) is 0. The molecule has 0 saturated carbocycles. The molecule has 0 aliphatic carbocycles. The van der Waals surface area contributed by atoms with Crippen LogP contribution in [0.15, 0.2) is 42.5 Å². The molecular formula is C13H13Cl3Fe. The van der Waals surface area contributed by atoms with Gasteiger partial charge in [-0.1, -0.05) is 0 Å². The second kappa shape index (κ2) is 10.1. The van der Waals surface area contributed by atoms with E-state index in [1.54, 1.807) is 0 Å². The molecular weight excluding hydrogens is 318 g/mol.